The number of nitrogens with two attached hydrogens (primary N) is 1. The van der Waals surface area contributed by atoms with Gasteiger partial charge in [0.15, 0.2) is 0 Å². The lowest BCUT2D eigenvalue weighted by Crippen LogP contribution is -2.16. The SMILES string of the molecule is Cc1ccc(-n2c(=O)ccc3c(Nc4ccc(F)c(C)c4)c(C(N)=O)sc32)cc1. The van der Waals surface area contributed by atoms with Crippen LogP contribution in [0.4, 0.5) is 15.8 Å². The molecular weight excluding hydrogens is 389 g/mol. The molecule has 0 saturated heterocycles. The van der Waals surface area contributed by atoms with Crippen LogP contribution in [0.5, 0.6) is 0 Å². The zero-order valence-electron chi connectivity index (χ0n) is 15.8. The molecule has 5 nitrogen and oxygen atoms in total. The summed E-state index contributed by atoms with van der Waals surface area (Å²) in [5.74, 6) is -0.913. The monoisotopic (exact) mass is 407 g/mol. The van der Waals surface area contributed by atoms with Gasteiger partial charge in [-0.15, -0.1) is 11.3 Å². The van der Waals surface area contributed by atoms with Crippen LogP contribution in [0.15, 0.2) is 59.4 Å². The van der Waals surface area contributed by atoms with E-state index in [1.54, 1.807) is 29.7 Å². The number of pyridine rings is 1. The summed E-state index contributed by atoms with van der Waals surface area (Å²) in [7, 11) is 0. The van der Waals surface area contributed by atoms with Crippen LogP contribution in [-0.4, -0.2) is 10.5 Å². The molecule has 146 valence electrons. The molecule has 0 aliphatic carbocycles. The lowest BCUT2D eigenvalue weighted by molar-refractivity contribution is 0.100. The van der Waals surface area contributed by atoms with Gasteiger partial charge in [0, 0.05) is 17.1 Å². The van der Waals surface area contributed by atoms with Crippen LogP contribution in [0.25, 0.3) is 15.9 Å². The highest BCUT2D eigenvalue weighted by atomic mass is 32.1. The molecule has 29 heavy (non-hydrogen) atoms. The second kappa shape index (κ2) is 7.18. The molecule has 0 fully saturated rings. The van der Waals surface area contributed by atoms with E-state index < -0.39 is 5.91 Å². The van der Waals surface area contributed by atoms with Crippen LogP contribution in [0.3, 0.4) is 0 Å². The maximum Gasteiger partial charge on any atom is 0.261 e. The standard InChI is InChI=1S/C22H18FN3O2S/c1-12-3-6-15(7-4-12)26-18(27)10-8-16-19(20(21(24)28)29-22(16)26)25-14-5-9-17(23)13(2)11-14/h3-11,25H,1-2H3,(H2,24,28). The summed E-state index contributed by atoms with van der Waals surface area (Å²) in [6.45, 7) is 3.63. The molecule has 0 aliphatic rings. The first-order valence-electron chi connectivity index (χ1n) is 8.94. The van der Waals surface area contributed by atoms with Crippen molar-refractivity contribution in [3.63, 3.8) is 0 Å². The van der Waals surface area contributed by atoms with Gasteiger partial charge in [-0.2, -0.15) is 0 Å². The smallest absolute Gasteiger partial charge is 0.261 e. The molecule has 2 aromatic carbocycles. The van der Waals surface area contributed by atoms with Crippen LogP contribution in [0.2, 0.25) is 0 Å². The summed E-state index contributed by atoms with van der Waals surface area (Å²) in [6, 6.07) is 15.3. The van der Waals surface area contributed by atoms with Gasteiger partial charge in [0.2, 0.25) is 0 Å². The third-order valence-electron chi connectivity index (χ3n) is 4.68. The van der Waals surface area contributed by atoms with Crippen LogP contribution >= 0.6 is 11.3 Å². The summed E-state index contributed by atoms with van der Waals surface area (Å²) in [6.07, 6.45) is 0. The number of carbonyl (C=O) groups is 1. The Balaban J connectivity index is 1.95. The van der Waals surface area contributed by atoms with E-state index in [0.717, 1.165) is 16.9 Å². The minimum Gasteiger partial charge on any atom is -0.365 e. The zero-order valence-corrected chi connectivity index (χ0v) is 16.6. The molecule has 0 saturated carbocycles. The van der Waals surface area contributed by atoms with Crippen LogP contribution in [-0.2, 0) is 0 Å². The van der Waals surface area contributed by atoms with E-state index in [9.17, 15) is 14.0 Å². The quantitative estimate of drug-likeness (QED) is 0.517. The minimum absolute atomic E-state index is 0.206. The Morgan fingerprint density at radius 1 is 1.07 bits per heavy atom. The number of fused-ring (bicyclic) bond motifs is 1. The predicted octanol–water partition coefficient (Wildman–Crippen LogP) is 4.65. The van der Waals surface area contributed by atoms with Crippen molar-refractivity contribution in [3.8, 4) is 5.69 Å². The number of aromatic nitrogens is 1. The van der Waals surface area contributed by atoms with Crippen molar-refractivity contribution in [3.05, 3.63) is 86.8 Å². The summed E-state index contributed by atoms with van der Waals surface area (Å²) in [5, 5.41) is 3.87. The van der Waals surface area contributed by atoms with E-state index >= 15 is 0 Å². The van der Waals surface area contributed by atoms with Crippen molar-refractivity contribution < 1.29 is 9.18 Å². The van der Waals surface area contributed by atoms with Gasteiger partial charge in [0.25, 0.3) is 11.5 Å². The maximum atomic E-state index is 13.6. The molecule has 4 aromatic rings. The van der Waals surface area contributed by atoms with E-state index in [1.165, 1.54) is 12.1 Å². The lowest BCUT2D eigenvalue weighted by Gasteiger charge is -2.10. The number of aryl methyl sites for hydroxylation is 2. The fourth-order valence-electron chi connectivity index (χ4n) is 3.18. The fourth-order valence-corrected chi connectivity index (χ4v) is 4.31. The molecule has 0 atom stereocenters. The third-order valence-corrected chi connectivity index (χ3v) is 5.89. The molecule has 2 aromatic heterocycles. The number of hydrogen-bond acceptors (Lipinski definition) is 4. The molecule has 0 unspecified atom stereocenters. The first-order valence-corrected chi connectivity index (χ1v) is 9.75. The van der Waals surface area contributed by atoms with Gasteiger partial charge >= 0.3 is 0 Å². The lowest BCUT2D eigenvalue weighted by atomic mass is 10.2. The third kappa shape index (κ3) is 3.40. The van der Waals surface area contributed by atoms with Crippen molar-refractivity contribution in [2.45, 2.75) is 13.8 Å². The first-order chi connectivity index (χ1) is 13.8. The number of primary amides is 1. The van der Waals surface area contributed by atoms with E-state index in [-0.39, 0.29) is 11.4 Å². The Bertz CT molecular complexity index is 1310. The van der Waals surface area contributed by atoms with Crippen molar-refractivity contribution >= 4 is 38.8 Å². The number of benzene rings is 2. The number of amides is 1. The van der Waals surface area contributed by atoms with Gasteiger partial charge in [-0.25, -0.2) is 4.39 Å². The van der Waals surface area contributed by atoms with Gasteiger partial charge in [0.1, 0.15) is 15.5 Å². The van der Waals surface area contributed by atoms with Gasteiger partial charge in [-0.05, 0) is 55.8 Å². The van der Waals surface area contributed by atoms with Crippen LogP contribution in [0.1, 0.15) is 20.8 Å². The van der Waals surface area contributed by atoms with Crippen LogP contribution < -0.4 is 16.6 Å². The topological polar surface area (TPSA) is 77.1 Å². The number of carbonyl (C=O) groups excluding carboxylic acids is 1. The Kier molecular flexibility index (Phi) is 4.68. The molecule has 0 aliphatic heterocycles. The van der Waals surface area contributed by atoms with Crippen molar-refractivity contribution in [1.29, 1.82) is 0 Å². The number of nitrogens with one attached hydrogen (secondary N) is 1. The number of rotatable bonds is 4. The summed E-state index contributed by atoms with van der Waals surface area (Å²) in [4.78, 5) is 25.7. The average Bonchev–Trinajstić information content (AvgIpc) is 3.04. The van der Waals surface area contributed by atoms with Crippen molar-refractivity contribution in [2.75, 3.05) is 5.32 Å². The zero-order chi connectivity index (χ0) is 20.7. The molecule has 0 bridgehead atoms. The number of hydrogen-bond donors (Lipinski definition) is 2. The average molecular weight is 407 g/mol. The van der Waals surface area contributed by atoms with E-state index in [0.29, 0.717) is 37.7 Å². The number of anilines is 2. The van der Waals surface area contributed by atoms with E-state index in [2.05, 4.69) is 5.32 Å². The normalized spacial score (nSPS) is 11.0. The summed E-state index contributed by atoms with van der Waals surface area (Å²) < 4.78 is 15.2. The number of thiophene rings is 1. The maximum absolute atomic E-state index is 13.6. The highest BCUT2D eigenvalue weighted by Gasteiger charge is 2.20. The summed E-state index contributed by atoms with van der Waals surface area (Å²) >= 11 is 1.15. The highest BCUT2D eigenvalue weighted by Crippen LogP contribution is 2.37. The molecule has 0 radical (unpaired) electrons. The van der Waals surface area contributed by atoms with Crippen LogP contribution in [0, 0.1) is 19.7 Å². The molecule has 3 N–H and O–H groups in total. The summed E-state index contributed by atoms with van der Waals surface area (Å²) in [5.41, 5.74) is 8.80. The number of nitrogens with zero attached hydrogens (tertiary/aromatic N) is 1. The van der Waals surface area contributed by atoms with Gasteiger partial charge in [-0.3, -0.25) is 14.2 Å². The van der Waals surface area contributed by atoms with Crippen molar-refractivity contribution in [2.24, 2.45) is 5.73 Å². The molecule has 2 heterocycles. The highest BCUT2D eigenvalue weighted by molar-refractivity contribution is 7.21. The van der Waals surface area contributed by atoms with Gasteiger partial charge in [0.05, 0.1) is 11.4 Å². The van der Waals surface area contributed by atoms with Gasteiger partial charge in [-0.1, -0.05) is 17.7 Å². The molecule has 0 spiro atoms. The Morgan fingerprint density at radius 3 is 2.45 bits per heavy atom. The largest absolute Gasteiger partial charge is 0.365 e. The second-order valence-corrected chi connectivity index (χ2v) is 7.82. The Hall–Kier alpha value is -3.45. The second-order valence-electron chi connectivity index (χ2n) is 6.82. The minimum atomic E-state index is -0.601. The first kappa shape index (κ1) is 18.9. The molecule has 7 heteroatoms. The fraction of sp³-hybridized carbons (Fsp3) is 0.0909. The van der Waals surface area contributed by atoms with E-state index in [4.69, 9.17) is 5.73 Å². The Morgan fingerprint density at radius 2 is 1.79 bits per heavy atom. The Labute approximate surface area is 170 Å². The van der Waals surface area contributed by atoms with Gasteiger partial charge < -0.3 is 11.1 Å². The predicted molar refractivity (Wildman–Crippen MR) is 115 cm³/mol. The number of halogens is 1. The molecular formula is C22H18FN3O2S. The van der Waals surface area contributed by atoms with E-state index in [1.807, 2.05) is 31.2 Å². The van der Waals surface area contributed by atoms with Crippen molar-refractivity contribution in [1.82, 2.24) is 4.57 Å². The molecule has 1 amide bonds. The molecule has 4 rings (SSSR count).